The Kier molecular flexibility index (Phi) is 6.09. The maximum atomic E-state index is 6.11. The molecule has 0 fully saturated rings. The van der Waals surface area contributed by atoms with Crippen LogP contribution in [0.5, 0.6) is 0 Å². The van der Waals surface area contributed by atoms with E-state index in [0.717, 1.165) is 42.6 Å². The van der Waals surface area contributed by atoms with E-state index in [4.69, 9.17) is 26.1 Å². The number of halogens is 1. The first-order valence-electron chi connectivity index (χ1n) is 6.55. The zero-order valence-electron chi connectivity index (χ0n) is 11.8. The number of ether oxygens (including phenoxy) is 2. The van der Waals surface area contributed by atoms with Gasteiger partial charge in [-0.1, -0.05) is 0 Å². The number of rotatable bonds is 9. The number of aromatic nitrogens is 2. The highest BCUT2D eigenvalue weighted by Crippen LogP contribution is 2.26. The molecule has 0 saturated heterocycles. The second kappa shape index (κ2) is 7.83. The molecule has 20 heavy (non-hydrogen) atoms. The van der Waals surface area contributed by atoms with Gasteiger partial charge in [0.15, 0.2) is 10.8 Å². The van der Waals surface area contributed by atoms with Crippen molar-refractivity contribution in [3.63, 3.8) is 0 Å². The lowest BCUT2D eigenvalue weighted by atomic mass is 10.3. The van der Waals surface area contributed by atoms with E-state index in [9.17, 15) is 0 Å². The average Bonchev–Trinajstić information content (AvgIpc) is 3.02. The van der Waals surface area contributed by atoms with Crippen LogP contribution in [0.15, 0.2) is 11.6 Å². The first kappa shape index (κ1) is 15.6. The lowest BCUT2D eigenvalue weighted by Gasteiger charge is -2.23. The van der Waals surface area contributed by atoms with E-state index in [1.165, 1.54) is 0 Å². The van der Waals surface area contributed by atoms with Crippen LogP contribution >= 0.6 is 22.9 Å². The number of anilines is 1. The van der Waals surface area contributed by atoms with Gasteiger partial charge in [-0.05, 0) is 6.42 Å². The fourth-order valence-electron chi connectivity index (χ4n) is 2.12. The van der Waals surface area contributed by atoms with Crippen molar-refractivity contribution in [2.45, 2.75) is 12.3 Å². The molecule has 2 aromatic heterocycles. The third-order valence-electron chi connectivity index (χ3n) is 3.11. The number of thiazole rings is 1. The van der Waals surface area contributed by atoms with Crippen molar-refractivity contribution in [2.24, 2.45) is 0 Å². The van der Waals surface area contributed by atoms with Crippen molar-refractivity contribution in [1.82, 2.24) is 9.38 Å². The molecule has 0 spiro atoms. The number of methoxy groups -OCH3 is 2. The molecule has 0 aliphatic heterocycles. The minimum Gasteiger partial charge on any atom is -0.385 e. The molecule has 0 saturated carbocycles. The summed E-state index contributed by atoms with van der Waals surface area (Å²) < 4.78 is 12.4. The SMILES string of the molecule is COCCCN(CCOC)c1nc2sccn2c1CCl. The highest BCUT2D eigenvalue weighted by atomic mass is 35.5. The molecule has 0 radical (unpaired) electrons. The van der Waals surface area contributed by atoms with Gasteiger partial charge in [0.05, 0.1) is 18.2 Å². The van der Waals surface area contributed by atoms with Crippen molar-refractivity contribution >= 4 is 33.7 Å². The Morgan fingerprint density at radius 3 is 2.80 bits per heavy atom. The summed E-state index contributed by atoms with van der Waals surface area (Å²) in [6, 6.07) is 0. The first-order valence-corrected chi connectivity index (χ1v) is 7.96. The maximum absolute atomic E-state index is 6.11. The summed E-state index contributed by atoms with van der Waals surface area (Å²) >= 11 is 7.73. The van der Waals surface area contributed by atoms with Crippen LogP contribution in [0, 0.1) is 0 Å². The van der Waals surface area contributed by atoms with Gasteiger partial charge in [-0.15, -0.1) is 22.9 Å². The zero-order valence-corrected chi connectivity index (χ0v) is 13.4. The third-order valence-corrected chi connectivity index (χ3v) is 4.12. The van der Waals surface area contributed by atoms with Gasteiger partial charge in [-0.3, -0.25) is 4.40 Å². The smallest absolute Gasteiger partial charge is 0.195 e. The molecule has 5 nitrogen and oxygen atoms in total. The van der Waals surface area contributed by atoms with Crippen LogP contribution in [0.2, 0.25) is 0 Å². The number of nitrogens with zero attached hydrogens (tertiary/aromatic N) is 3. The summed E-state index contributed by atoms with van der Waals surface area (Å²) in [4.78, 5) is 7.90. The minimum atomic E-state index is 0.445. The summed E-state index contributed by atoms with van der Waals surface area (Å²) in [5.74, 6) is 1.40. The van der Waals surface area contributed by atoms with Crippen LogP contribution < -0.4 is 4.90 Å². The van der Waals surface area contributed by atoms with Gasteiger partial charge < -0.3 is 14.4 Å². The summed E-state index contributed by atoms with van der Waals surface area (Å²) in [6.07, 6.45) is 2.96. The van der Waals surface area contributed by atoms with Gasteiger partial charge >= 0.3 is 0 Å². The van der Waals surface area contributed by atoms with Gasteiger partial charge in [0.1, 0.15) is 0 Å². The Balaban J connectivity index is 2.21. The predicted octanol–water partition coefficient (Wildman–Crippen LogP) is 2.62. The number of hydrogen-bond acceptors (Lipinski definition) is 5. The summed E-state index contributed by atoms with van der Waals surface area (Å²) in [5.41, 5.74) is 1.04. The Bertz CT molecular complexity index is 529. The molecule has 0 unspecified atom stereocenters. The Morgan fingerprint density at radius 2 is 2.10 bits per heavy atom. The van der Waals surface area contributed by atoms with E-state index in [2.05, 4.69) is 9.30 Å². The summed E-state index contributed by atoms with van der Waals surface area (Å²) in [6.45, 7) is 3.09. The van der Waals surface area contributed by atoms with Crippen molar-refractivity contribution < 1.29 is 9.47 Å². The highest BCUT2D eigenvalue weighted by Gasteiger charge is 2.18. The molecular formula is C13H20ClN3O2S. The van der Waals surface area contributed by atoms with Crippen LogP contribution in [0.3, 0.4) is 0 Å². The van der Waals surface area contributed by atoms with Gasteiger partial charge in [-0.2, -0.15) is 0 Å². The quantitative estimate of drug-likeness (QED) is 0.526. The highest BCUT2D eigenvalue weighted by molar-refractivity contribution is 7.15. The molecule has 0 aliphatic rings. The molecule has 2 rings (SSSR count). The van der Waals surface area contributed by atoms with Gasteiger partial charge in [0, 0.05) is 45.5 Å². The molecule has 2 aromatic rings. The normalized spacial score (nSPS) is 11.3. The van der Waals surface area contributed by atoms with Crippen LogP contribution in [0.25, 0.3) is 4.96 Å². The molecule has 7 heteroatoms. The van der Waals surface area contributed by atoms with Crippen LogP contribution in [-0.4, -0.2) is 49.9 Å². The zero-order chi connectivity index (χ0) is 14.4. The Morgan fingerprint density at radius 1 is 1.30 bits per heavy atom. The van der Waals surface area contributed by atoms with Crippen molar-refractivity contribution in [3.8, 4) is 0 Å². The third kappa shape index (κ3) is 3.44. The molecule has 112 valence electrons. The molecular weight excluding hydrogens is 298 g/mol. The molecule has 0 aromatic carbocycles. The van der Waals surface area contributed by atoms with E-state index in [1.54, 1.807) is 25.6 Å². The summed E-state index contributed by atoms with van der Waals surface area (Å²) in [7, 11) is 3.43. The van der Waals surface area contributed by atoms with Gasteiger partial charge in [0.25, 0.3) is 0 Å². The van der Waals surface area contributed by atoms with E-state index in [0.29, 0.717) is 12.5 Å². The molecule has 0 N–H and O–H groups in total. The lowest BCUT2D eigenvalue weighted by molar-refractivity contribution is 0.191. The van der Waals surface area contributed by atoms with E-state index in [1.807, 2.05) is 11.6 Å². The standard InChI is InChI=1S/C13H20ClN3O2S/c1-18-7-3-4-16(5-8-19-2)12-11(10-14)17-6-9-20-13(17)15-12/h6,9H,3-5,7-8,10H2,1-2H3. The fourth-order valence-corrected chi connectivity index (χ4v) is 3.10. The molecule has 0 aliphatic carbocycles. The van der Waals surface area contributed by atoms with Crippen LogP contribution in [-0.2, 0) is 15.4 Å². The predicted molar refractivity (Wildman–Crippen MR) is 83.2 cm³/mol. The first-order chi connectivity index (χ1) is 9.81. The lowest BCUT2D eigenvalue weighted by Crippen LogP contribution is -2.30. The van der Waals surface area contributed by atoms with Crippen molar-refractivity contribution in [1.29, 1.82) is 0 Å². The van der Waals surface area contributed by atoms with Gasteiger partial charge in [-0.25, -0.2) is 4.98 Å². The number of imidazole rings is 1. The Labute approximate surface area is 128 Å². The molecule has 0 bridgehead atoms. The minimum absolute atomic E-state index is 0.445. The Hall–Kier alpha value is -0.820. The summed E-state index contributed by atoms with van der Waals surface area (Å²) in [5, 5.41) is 2.02. The van der Waals surface area contributed by atoms with Gasteiger partial charge in [0.2, 0.25) is 0 Å². The monoisotopic (exact) mass is 317 g/mol. The topological polar surface area (TPSA) is 39.0 Å². The molecule has 0 atom stereocenters. The second-order valence-electron chi connectivity index (χ2n) is 4.40. The molecule has 0 amide bonds. The number of hydrogen-bond donors (Lipinski definition) is 0. The fraction of sp³-hybridized carbons (Fsp3) is 0.615. The van der Waals surface area contributed by atoms with Crippen molar-refractivity contribution in [3.05, 3.63) is 17.3 Å². The maximum Gasteiger partial charge on any atom is 0.195 e. The van der Waals surface area contributed by atoms with Crippen molar-refractivity contribution in [2.75, 3.05) is 45.4 Å². The second-order valence-corrected chi connectivity index (χ2v) is 5.54. The number of alkyl halides is 1. The van der Waals surface area contributed by atoms with Crippen LogP contribution in [0.1, 0.15) is 12.1 Å². The van der Waals surface area contributed by atoms with E-state index in [-0.39, 0.29) is 0 Å². The van der Waals surface area contributed by atoms with E-state index < -0.39 is 0 Å². The largest absolute Gasteiger partial charge is 0.385 e. The average molecular weight is 318 g/mol. The van der Waals surface area contributed by atoms with Crippen LogP contribution in [0.4, 0.5) is 5.82 Å². The van der Waals surface area contributed by atoms with E-state index >= 15 is 0 Å². The number of fused-ring (bicyclic) bond motifs is 1. The molecule has 2 heterocycles.